The lowest BCUT2D eigenvalue weighted by molar-refractivity contribution is -0.140. The van der Waals surface area contributed by atoms with E-state index in [9.17, 15) is 9.59 Å². The summed E-state index contributed by atoms with van der Waals surface area (Å²) in [5.41, 5.74) is 0.652. The number of hydrogen-bond acceptors (Lipinski definition) is 2. The Balaban J connectivity index is 1.53. The monoisotopic (exact) mass is 394 g/mol. The molecule has 4 nitrogen and oxygen atoms in total. The maximum atomic E-state index is 12.6. The van der Waals surface area contributed by atoms with E-state index in [0.717, 1.165) is 38.8 Å². The minimum absolute atomic E-state index is 0.0548. The zero-order valence-corrected chi connectivity index (χ0v) is 16.3. The first kappa shape index (κ1) is 19.2. The molecule has 140 valence electrons. The summed E-state index contributed by atoms with van der Waals surface area (Å²) < 4.78 is 0. The lowest BCUT2D eigenvalue weighted by Gasteiger charge is -2.35. The van der Waals surface area contributed by atoms with Crippen LogP contribution in [0.3, 0.4) is 0 Å². The van der Waals surface area contributed by atoms with Crippen LogP contribution in [0.2, 0.25) is 10.0 Å². The molecule has 0 unspecified atom stereocenters. The van der Waals surface area contributed by atoms with Gasteiger partial charge in [-0.2, -0.15) is 0 Å². The van der Waals surface area contributed by atoms with Crippen LogP contribution in [-0.2, 0) is 9.59 Å². The molecular weight excluding hydrogens is 371 g/mol. The first-order valence-corrected chi connectivity index (χ1v) is 10.0. The number of likely N-dealkylation sites (tertiary alicyclic amines) is 2. The summed E-state index contributed by atoms with van der Waals surface area (Å²) in [7, 11) is 0. The summed E-state index contributed by atoms with van der Waals surface area (Å²) in [6.07, 6.45) is 8.09. The van der Waals surface area contributed by atoms with Gasteiger partial charge in [0, 0.05) is 53.8 Å². The molecule has 0 N–H and O–H groups in total. The molecule has 6 heteroatoms. The Bertz CT molecular complexity index is 671. The molecule has 2 aliphatic rings. The van der Waals surface area contributed by atoms with Crippen molar-refractivity contribution < 1.29 is 9.59 Å². The number of carbonyl (C=O) groups is 2. The van der Waals surface area contributed by atoms with Crippen LogP contribution in [0.15, 0.2) is 24.3 Å². The highest BCUT2D eigenvalue weighted by atomic mass is 35.5. The molecular formula is C20H24Cl2N2O2. The van der Waals surface area contributed by atoms with Gasteiger partial charge in [0.15, 0.2) is 0 Å². The van der Waals surface area contributed by atoms with Gasteiger partial charge >= 0.3 is 0 Å². The van der Waals surface area contributed by atoms with E-state index < -0.39 is 0 Å². The fourth-order valence-corrected chi connectivity index (χ4v) is 4.17. The predicted octanol–water partition coefficient (Wildman–Crippen LogP) is 4.26. The van der Waals surface area contributed by atoms with Gasteiger partial charge in [-0.15, -0.1) is 0 Å². The van der Waals surface area contributed by atoms with Crippen molar-refractivity contribution in [3.63, 3.8) is 0 Å². The smallest absolute Gasteiger partial charge is 0.246 e. The molecule has 2 fully saturated rings. The summed E-state index contributed by atoms with van der Waals surface area (Å²) in [5.74, 6) is 0.263. The third-order valence-corrected chi connectivity index (χ3v) is 5.88. The summed E-state index contributed by atoms with van der Waals surface area (Å²) in [5, 5.41) is 1.04. The number of benzene rings is 1. The van der Waals surface area contributed by atoms with Crippen molar-refractivity contribution in [2.45, 2.75) is 32.1 Å². The highest BCUT2D eigenvalue weighted by Crippen LogP contribution is 2.26. The molecule has 0 spiro atoms. The molecule has 2 aliphatic heterocycles. The molecule has 0 aliphatic carbocycles. The van der Waals surface area contributed by atoms with Gasteiger partial charge in [0.05, 0.1) is 0 Å². The van der Waals surface area contributed by atoms with Crippen LogP contribution in [0, 0.1) is 5.92 Å². The standard InChI is InChI=1S/C20H24Cl2N2O2/c21-17-5-4-6-18(22)16(17)7-8-19(25)23-13-9-15(10-14-23)20(26)24-11-2-1-3-12-24/h4-8,15H,1-3,9-14H2/b8-7+. The topological polar surface area (TPSA) is 40.6 Å². The van der Waals surface area contributed by atoms with Crippen molar-refractivity contribution in [1.82, 2.24) is 9.80 Å². The van der Waals surface area contributed by atoms with Gasteiger partial charge in [0.2, 0.25) is 11.8 Å². The Kier molecular flexibility index (Phi) is 6.60. The number of hydrogen-bond donors (Lipinski definition) is 0. The van der Waals surface area contributed by atoms with Crippen molar-refractivity contribution in [2.75, 3.05) is 26.2 Å². The van der Waals surface area contributed by atoms with E-state index in [1.807, 2.05) is 4.90 Å². The average molecular weight is 395 g/mol. The van der Waals surface area contributed by atoms with E-state index >= 15 is 0 Å². The summed E-state index contributed by atoms with van der Waals surface area (Å²) >= 11 is 12.2. The Morgan fingerprint density at radius 2 is 1.54 bits per heavy atom. The molecule has 1 aromatic carbocycles. The van der Waals surface area contributed by atoms with Gasteiger partial charge in [0.1, 0.15) is 0 Å². The van der Waals surface area contributed by atoms with E-state index in [1.54, 1.807) is 29.2 Å². The first-order valence-electron chi connectivity index (χ1n) is 9.26. The van der Waals surface area contributed by atoms with Crippen LogP contribution >= 0.6 is 23.2 Å². The van der Waals surface area contributed by atoms with Crippen LogP contribution in [0.5, 0.6) is 0 Å². The maximum Gasteiger partial charge on any atom is 0.246 e. The van der Waals surface area contributed by atoms with Gasteiger partial charge in [-0.05, 0) is 50.3 Å². The van der Waals surface area contributed by atoms with Gasteiger partial charge in [-0.25, -0.2) is 0 Å². The number of piperidine rings is 2. The van der Waals surface area contributed by atoms with Crippen LogP contribution in [-0.4, -0.2) is 47.8 Å². The Morgan fingerprint density at radius 1 is 0.923 bits per heavy atom. The third kappa shape index (κ3) is 4.60. The third-order valence-electron chi connectivity index (χ3n) is 5.22. The van der Waals surface area contributed by atoms with Crippen LogP contribution in [0.1, 0.15) is 37.7 Å². The van der Waals surface area contributed by atoms with Crippen molar-refractivity contribution in [3.05, 3.63) is 39.9 Å². The summed E-state index contributed by atoms with van der Waals surface area (Å²) in [4.78, 5) is 28.8. The van der Waals surface area contributed by atoms with Crippen LogP contribution < -0.4 is 0 Å². The minimum Gasteiger partial charge on any atom is -0.342 e. The van der Waals surface area contributed by atoms with E-state index in [4.69, 9.17) is 23.2 Å². The number of carbonyl (C=O) groups excluding carboxylic acids is 2. The minimum atomic E-state index is -0.0649. The molecule has 0 radical (unpaired) electrons. The number of rotatable bonds is 3. The average Bonchev–Trinajstić information content (AvgIpc) is 2.67. The fourth-order valence-electron chi connectivity index (χ4n) is 3.65. The lowest BCUT2D eigenvalue weighted by atomic mass is 9.94. The molecule has 2 amide bonds. The van der Waals surface area contributed by atoms with E-state index in [2.05, 4.69) is 0 Å². The highest BCUT2D eigenvalue weighted by molar-refractivity contribution is 6.37. The normalized spacial score (nSPS) is 19.2. The number of nitrogens with zero attached hydrogens (tertiary/aromatic N) is 2. The molecule has 0 saturated carbocycles. The van der Waals surface area contributed by atoms with Crippen LogP contribution in [0.25, 0.3) is 6.08 Å². The van der Waals surface area contributed by atoms with Crippen molar-refractivity contribution in [1.29, 1.82) is 0 Å². The summed E-state index contributed by atoms with van der Waals surface area (Å²) in [6.45, 7) is 3.01. The molecule has 2 saturated heterocycles. The number of halogens is 2. The molecule has 0 bridgehead atoms. The quantitative estimate of drug-likeness (QED) is 0.718. The Morgan fingerprint density at radius 3 is 2.15 bits per heavy atom. The molecule has 1 aromatic rings. The first-order chi connectivity index (χ1) is 12.6. The molecule has 26 heavy (non-hydrogen) atoms. The molecule has 3 rings (SSSR count). The van der Waals surface area contributed by atoms with Gasteiger partial charge in [-0.3, -0.25) is 9.59 Å². The van der Waals surface area contributed by atoms with Gasteiger partial charge < -0.3 is 9.80 Å². The van der Waals surface area contributed by atoms with E-state index in [0.29, 0.717) is 28.7 Å². The molecule has 2 heterocycles. The Hall–Kier alpha value is -1.52. The highest BCUT2D eigenvalue weighted by Gasteiger charge is 2.30. The second-order valence-corrected chi connectivity index (χ2v) is 7.77. The van der Waals surface area contributed by atoms with E-state index in [1.165, 1.54) is 12.5 Å². The van der Waals surface area contributed by atoms with Crippen LogP contribution in [0.4, 0.5) is 0 Å². The van der Waals surface area contributed by atoms with Crippen molar-refractivity contribution in [2.24, 2.45) is 5.92 Å². The second kappa shape index (κ2) is 8.92. The Labute approximate surface area is 164 Å². The lowest BCUT2D eigenvalue weighted by Crippen LogP contribution is -2.45. The predicted molar refractivity (Wildman–Crippen MR) is 105 cm³/mol. The molecule has 0 aromatic heterocycles. The largest absolute Gasteiger partial charge is 0.342 e. The van der Waals surface area contributed by atoms with Gasteiger partial charge in [-0.1, -0.05) is 29.3 Å². The zero-order valence-electron chi connectivity index (χ0n) is 14.8. The van der Waals surface area contributed by atoms with Crippen molar-refractivity contribution >= 4 is 41.1 Å². The summed E-state index contributed by atoms with van der Waals surface area (Å²) in [6, 6.07) is 5.26. The van der Waals surface area contributed by atoms with E-state index in [-0.39, 0.29) is 17.7 Å². The van der Waals surface area contributed by atoms with Crippen molar-refractivity contribution in [3.8, 4) is 0 Å². The zero-order chi connectivity index (χ0) is 18.5. The number of amides is 2. The van der Waals surface area contributed by atoms with Gasteiger partial charge in [0.25, 0.3) is 0 Å². The maximum absolute atomic E-state index is 12.6. The second-order valence-electron chi connectivity index (χ2n) is 6.95. The fraction of sp³-hybridized carbons (Fsp3) is 0.500. The SMILES string of the molecule is O=C(/C=C/c1c(Cl)cccc1Cl)N1CCC(C(=O)N2CCCCC2)CC1. The molecule has 0 atom stereocenters.